The zero-order valence-corrected chi connectivity index (χ0v) is 16.1. The molecule has 3 aromatic rings. The molecule has 8 heteroatoms. The molecule has 0 spiro atoms. The molecule has 1 N–H and O–H groups in total. The summed E-state index contributed by atoms with van der Waals surface area (Å²) in [5.41, 5.74) is 2.48. The van der Waals surface area contributed by atoms with E-state index >= 15 is 0 Å². The van der Waals surface area contributed by atoms with Gasteiger partial charge in [0, 0.05) is 19.8 Å². The molecule has 0 radical (unpaired) electrons. The van der Waals surface area contributed by atoms with Crippen LogP contribution in [0, 0.1) is 5.82 Å². The molecular weight excluding hydrogens is 373 g/mol. The van der Waals surface area contributed by atoms with Crippen molar-refractivity contribution in [1.82, 2.24) is 24.8 Å². The molecular formula is C21H22FN5O2. The fourth-order valence-corrected chi connectivity index (χ4v) is 3.87. The van der Waals surface area contributed by atoms with Crippen molar-refractivity contribution in [2.75, 3.05) is 13.6 Å². The third-order valence-electron chi connectivity index (χ3n) is 5.34. The second-order valence-electron chi connectivity index (χ2n) is 7.14. The summed E-state index contributed by atoms with van der Waals surface area (Å²) in [6.45, 7) is 0.651. The molecule has 1 fully saturated rings. The summed E-state index contributed by atoms with van der Waals surface area (Å²) in [5, 5.41) is 6.96. The molecule has 29 heavy (non-hydrogen) atoms. The predicted molar refractivity (Wildman–Crippen MR) is 105 cm³/mol. The van der Waals surface area contributed by atoms with E-state index in [0.29, 0.717) is 17.8 Å². The van der Waals surface area contributed by atoms with Gasteiger partial charge in [-0.1, -0.05) is 12.1 Å². The standard InChI is InChI=1S/C21H22FN5O2/c1-23-21(29)16-13-25-27-18(9-10-24-20(16)27)17-4-2-3-11-26(17)19(28)12-14-5-7-15(22)8-6-14/h5-10,13,17H,2-4,11-12H2,1H3,(H,23,29)/t17-/m0/s1. The van der Waals surface area contributed by atoms with Crippen molar-refractivity contribution in [2.24, 2.45) is 0 Å². The van der Waals surface area contributed by atoms with Gasteiger partial charge in [0.25, 0.3) is 5.91 Å². The number of carbonyl (C=O) groups excluding carboxylic acids is 2. The molecule has 0 bridgehead atoms. The molecule has 3 heterocycles. The Bertz CT molecular complexity index is 1050. The zero-order chi connectivity index (χ0) is 20.4. The van der Waals surface area contributed by atoms with Crippen LogP contribution in [0.15, 0.2) is 42.7 Å². The maximum Gasteiger partial charge on any atom is 0.256 e. The predicted octanol–water partition coefficient (Wildman–Crippen LogP) is 2.52. The number of benzene rings is 1. The van der Waals surface area contributed by atoms with Crippen LogP contribution in [0.25, 0.3) is 5.65 Å². The van der Waals surface area contributed by atoms with Crippen LogP contribution in [0.1, 0.15) is 46.9 Å². The molecule has 150 valence electrons. The van der Waals surface area contributed by atoms with E-state index in [9.17, 15) is 14.0 Å². The van der Waals surface area contributed by atoms with Gasteiger partial charge in [0.1, 0.15) is 11.4 Å². The number of amides is 2. The van der Waals surface area contributed by atoms with E-state index in [1.54, 1.807) is 29.9 Å². The monoisotopic (exact) mass is 395 g/mol. The first-order valence-corrected chi connectivity index (χ1v) is 9.67. The lowest BCUT2D eigenvalue weighted by molar-refractivity contribution is -0.134. The first kappa shape index (κ1) is 19.0. The van der Waals surface area contributed by atoms with Gasteiger partial charge in [0.15, 0.2) is 5.65 Å². The summed E-state index contributed by atoms with van der Waals surface area (Å²) >= 11 is 0. The van der Waals surface area contributed by atoms with Gasteiger partial charge in [-0.3, -0.25) is 9.59 Å². The van der Waals surface area contributed by atoms with Gasteiger partial charge in [0.05, 0.1) is 24.4 Å². The molecule has 4 rings (SSSR count). The highest BCUT2D eigenvalue weighted by Gasteiger charge is 2.30. The van der Waals surface area contributed by atoms with Crippen molar-refractivity contribution in [1.29, 1.82) is 0 Å². The number of nitrogens with zero attached hydrogens (tertiary/aromatic N) is 4. The second-order valence-corrected chi connectivity index (χ2v) is 7.14. The number of carbonyl (C=O) groups is 2. The van der Waals surface area contributed by atoms with Gasteiger partial charge >= 0.3 is 0 Å². The molecule has 2 aromatic heterocycles. The Kier molecular flexibility index (Phi) is 5.24. The number of nitrogens with one attached hydrogen (secondary N) is 1. The summed E-state index contributed by atoms with van der Waals surface area (Å²) in [6.07, 6.45) is 6.10. The Balaban J connectivity index is 1.65. The SMILES string of the molecule is CNC(=O)c1cnn2c([C@@H]3CCCCN3C(=O)Cc3ccc(F)cc3)ccnc12. The van der Waals surface area contributed by atoms with E-state index in [2.05, 4.69) is 15.4 Å². The minimum absolute atomic E-state index is 0.00930. The number of halogens is 1. The molecule has 1 atom stereocenters. The summed E-state index contributed by atoms with van der Waals surface area (Å²) in [4.78, 5) is 31.3. The normalized spacial score (nSPS) is 16.8. The zero-order valence-electron chi connectivity index (χ0n) is 16.1. The van der Waals surface area contributed by atoms with Gasteiger partial charge < -0.3 is 10.2 Å². The molecule has 1 aliphatic rings. The Labute approximate surface area is 167 Å². The highest BCUT2D eigenvalue weighted by Crippen LogP contribution is 2.31. The Hall–Kier alpha value is -3.29. The second kappa shape index (κ2) is 7.98. The van der Waals surface area contributed by atoms with Crippen LogP contribution in [-0.4, -0.2) is 44.9 Å². The van der Waals surface area contributed by atoms with E-state index < -0.39 is 0 Å². The average Bonchev–Trinajstić information content (AvgIpc) is 3.19. The smallest absolute Gasteiger partial charge is 0.256 e. The van der Waals surface area contributed by atoms with Crippen LogP contribution < -0.4 is 5.32 Å². The van der Waals surface area contributed by atoms with Crippen molar-refractivity contribution < 1.29 is 14.0 Å². The number of likely N-dealkylation sites (tertiary alicyclic amines) is 1. The fourth-order valence-electron chi connectivity index (χ4n) is 3.87. The number of hydrogen-bond acceptors (Lipinski definition) is 4. The minimum Gasteiger partial charge on any atom is -0.355 e. The lowest BCUT2D eigenvalue weighted by Gasteiger charge is -2.36. The van der Waals surface area contributed by atoms with Crippen molar-refractivity contribution in [3.63, 3.8) is 0 Å². The van der Waals surface area contributed by atoms with Crippen molar-refractivity contribution in [3.8, 4) is 0 Å². The first-order valence-electron chi connectivity index (χ1n) is 9.67. The van der Waals surface area contributed by atoms with Crippen molar-refractivity contribution in [3.05, 3.63) is 65.4 Å². The lowest BCUT2D eigenvalue weighted by atomic mass is 9.98. The first-order chi connectivity index (χ1) is 14.1. The van der Waals surface area contributed by atoms with Crippen molar-refractivity contribution in [2.45, 2.75) is 31.7 Å². The van der Waals surface area contributed by atoms with Gasteiger partial charge in [-0.05, 0) is 43.0 Å². The summed E-state index contributed by atoms with van der Waals surface area (Å²) in [5.74, 6) is -0.579. The molecule has 0 aliphatic carbocycles. The van der Waals surface area contributed by atoms with Gasteiger partial charge in [0.2, 0.25) is 5.91 Å². The fraction of sp³-hybridized carbons (Fsp3) is 0.333. The van der Waals surface area contributed by atoms with Gasteiger partial charge in [-0.2, -0.15) is 5.10 Å². The maximum absolute atomic E-state index is 13.2. The highest BCUT2D eigenvalue weighted by molar-refractivity contribution is 5.99. The summed E-state index contributed by atoms with van der Waals surface area (Å²) in [6, 6.07) is 7.71. The Morgan fingerprint density at radius 3 is 2.76 bits per heavy atom. The quantitative estimate of drug-likeness (QED) is 0.736. The number of fused-ring (bicyclic) bond motifs is 1. The van der Waals surface area contributed by atoms with Gasteiger partial charge in [-0.25, -0.2) is 13.9 Å². The van der Waals surface area contributed by atoms with E-state index in [4.69, 9.17) is 0 Å². The molecule has 1 saturated heterocycles. The van der Waals surface area contributed by atoms with Crippen molar-refractivity contribution >= 4 is 17.5 Å². The summed E-state index contributed by atoms with van der Waals surface area (Å²) < 4.78 is 14.8. The van der Waals surface area contributed by atoms with E-state index in [0.717, 1.165) is 30.5 Å². The van der Waals surface area contributed by atoms with Crippen LogP contribution in [0.4, 0.5) is 4.39 Å². The topological polar surface area (TPSA) is 79.6 Å². The number of rotatable bonds is 4. The van der Waals surface area contributed by atoms with Crippen LogP contribution in [0.3, 0.4) is 0 Å². The maximum atomic E-state index is 13.2. The van der Waals surface area contributed by atoms with Gasteiger partial charge in [-0.15, -0.1) is 0 Å². The number of aromatic nitrogens is 3. The average molecular weight is 395 g/mol. The molecule has 0 saturated carbocycles. The largest absolute Gasteiger partial charge is 0.355 e. The number of piperidine rings is 1. The summed E-state index contributed by atoms with van der Waals surface area (Å²) in [7, 11) is 1.56. The van der Waals surface area contributed by atoms with Crippen LogP contribution in [0.2, 0.25) is 0 Å². The minimum atomic E-state index is -0.318. The van der Waals surface area contributed by atoms with E-state index in [-0.39, 0.29) is 30.1 Å². The molecule has 2 amide bonds. The van der Waals surface area contributed by atoms with Crippen LogP contribution >= 0.6 is 0 Å². The molecule has 7 nitrogen and oxygen atoms in total. The Morgan fingerprint density at radius 2 is 2.00 bits per heavy atom. The number of hydrogen-bond donors (Lipinski definition) is 1. The molecule has 1 aromatic carbocycles. The molecule has 1 aliphatic heterocycles. The highest BCUT2D eigenvalue weighted by atomic mass is 19.1. The van der Waals surface area contributed by atoms with E-state index in [1.807, 2.05) is 11.0 Å². The molecule has 0 unspecified atom stereocenters. The van der Waals surface area contributed by atoms with E-state index in [1.165, 1.54) is 18.3 Å². The Morgan fingerprint density at radius 1 is 1.21 bits per heavy atom. The third kappa shape index (κ3) is 3.70. The van der Waals surface area contributed by atoms with Crippen LogP contribution in [-0.2, 0) is 11.2 Å². The third-order valence-corrected chi connectivity index (χ3v) is 5.34. The lowest BCUT2D eigenvalue weighted by Crippen LogP contribution is -2.40. The van der Waals surface area contributed by atoms with Crippen LogP contribution in [0.5, 0.6) is 0 Å².